The molecule has 0 unspecified atom stereocenters. The van der Waals surface area contributed by atoms with Gasteiger partial charge in [0.15, 0.2) is 0 Å². The molecular weight excluding hydrogens is 365 g/mol. The molecule has 0 bridgehead atoms. The third-order valence-electron chi connectivity index (χ3n) is 4.75. The van der Waals surface area contributed by atoms with Gasteiger partial charge in [0.2, 0.25) is 11.8 Å². The molecule has 2 amide bonds. The highest BCUT2D eigenvalue weighted by Gasteiger charge is 2.33. The van der Waals surface area contributed by atoms with Gasteiger partial charge in [0, 0.05) is 6.42 Å². The van der Waals surface area contributed by atoms with Crippen LogP contribution in [-0.4, -0.2) is 41.5 Å². The minimum absolute atomic E-state index is 0.139. The van der Waals surface area contributed by atoms with Crippen molar-refractivity contribution >= 4 is 17.8 Å². The first-order chi connectivity index (χ1) is 13.3. The summed E-state index contributed by atoms with van der Waals surface area (Å²) in [6.45, 7) is 1.16. The minimum Gasteiger partial charge on any atom is -0.480 e. The van der Waals surface area contributed by atoms with Crippen LogP contribution in [-0.2, 0) is 20.8 Å². The van der Waals surface area contributed by atoms with Crippen LogP contribution in [0.25, 0.3) is 0 Å². The van der Waals surface area contributed by atoms with Crippen LogP contribution in [0, 0.1) is 5.92 Å². The standard InChI is InChI=1S/C20H26FN3O4/c1-12(22)18(25)23-11-16(21)14-8-5-9-15(14)19(26)24-17(20(27)28)10-13-6-3-2-4-7-13/h2-4,6-7,12,15,17H,5,8-11,22H2,1H3,(H,23,25)(H,24,26)(H,27,28)/b16-14+/t12-,15+,17-/m0/s1. The Morgan fingerprint density at radius 2 is 1.96 bits per heavy atom. The van der Waals surface area contributed by atoms with E-state index in [0.29, 0.717) is 24.8 Å². The zero-order valence-electron chi connectivity index (χ0n) is 15.8. The van der Waals surface area contributed by atoms with Crippen molar-refractivity contribution in [1.29, 1.82) is 0 Å². The first-order valence-corrected chi connectivity index (χ1v) is 9.27. The Hall–Kier alpha value is -2.74. The minimum atomic E-state index is -1.15. The van der Waals surface area contributed by atoms with E-state index in [2.05, 4.69) is 10.6 Å². The highest BCUT2D eigenvalue weighted by molar-refractivity contribution is 5.87. The van der Waals surface area contributed by atoms with Crippen molar-refractivity contribution < 1.29 is 23.9 Å². The lowest BCUT2D eigenvalue weighted by atomic mass is 9.99. The monoisotopic (exact) mass is 391 g/mol. The largest absolute Gasteiger partial charge is 0.480 e. The quantitative estimate of drug-likeness (QED) is 0.532. The van der Waals surface area contributed by atoms with E-state index in [1.807, 2.05) is 6.07 Å². The maximum atomic E-state index is 14.5. The Labute approximate surface area is 163 Å². The molecule has 1 aliphatic rings. The molecular formula is C20H26FN3O4. The number of carbonyl (C=O) groups excluding carboxylic acids is 2. The van der Waals surface area contributed by atoms with Crippen LogP contribution in [0.1, 0.15) is 31.7 Å². The molecule has 3 atom stereocenters. The molecule has 1 fully saturated rings. The van der Waals surface area contributed by atoms with E-state index in [0.717, 1.165) is 5.56 Å². The van der Waals surface area contributed by atoms with Gasteiger partial charge >= 0.3 is 5.97 Å². The van der Waals surface area contributed by atoms with E-state index in [4.69, 9.17) is 5.73 Å². The third kappa shape index (κ3) is 5.88. The lowest BCUT2D eigenvalue weighted by Crippen LogP contribution is -2.45. The second-order valence-electron chi connectivity index (χ2n) is 6.97. The molecule has 8 heteroatoms. The van der Waals surface area contributed by atoms with Crippen molar-refractivity contribution in [3.8, 4) is 0 Å². The predicted molar refractivity (Wildman–Crippen MR) is 102 cm³/mol. The number of carboxylic acid groups (broad SMARTS) is 1. The van der Waals surface area contributed by atoms with Gasteiger partial charge in [-0.3, -0.25) is 9.59 Å². The first-order valence-electron chi connectivity index (χ1n) is 9.27. The molecule has 0 heterocycles. The Kier molecular flexibility index (Phi) is 7.69. The number of rotatable bonds is 8. The SMILES string of the molecule is C[C@H](N)C(=O)NC/C(F)=C1/CCC[C@H]1C(=O)N[C@@H](Cc1ccccc1)C(=O)O. The van der Waals surface area contributed by atoms with Crippen molar-refractivity contribution in [2.45, 2.75) is 44.7 Å². The van der Waals surface area contributed by atoms with Gasteiger partial charge in [0.05, 0.1) is 18.5 Å². The zero-order chi connectivity index (χ0) is 20.7. The van der Waals surface area contributed by atoms with Gasteiger partial charge in [0.1, 0.15) is 11.9 Å². The van der Waals surface area contributed by atoms with Crippen molar-refractivity contribution in [1.82, 2.24) is 10.6 Å². The fraction of sp³-hybridized carbons (Fsp3) is 0.450. The molecule has 1 aromatic rings. The number of aliphatic carboxylic acids is 1. The molecule has 7 nitrogen and oxygen atoms in total. The molecule has 5 N–H and O–H groups in total. The summed E-state index contributed by atoms with van der Waals surface area (Å²) in [7, 11) is 0. The molecule has 152 valence electrons. The van der Waals surface area contributed by atoms with Crippen molar-refractivity contribution in [2.24, 2.45) is 11.7 Å². The molecule has 1 saturated carbocycles. The number of amides is 2. The maximum Gasteiger partial charge on any atom is 0.326 e. The molecule has 28 heavy (non-hydrogen) atoms. The highest BCUT2D eigenvalue weighted by atomic mass is 19.1. The van der Waals surface area contributed by atoms with Crippen molar-refractivity contribution in [3.63, 3.8) is 0 Å². The first kappa shape index (κ1) is 21.6. The molecule has 0 saturated heterocycles. The fourth-order valence-electron chi connectivity index (χ4n) is 3.22. The summed E-state index contributed by atoms with van der Waals surface area (Å²) in [4.78, 5) is 35.7. The van der Waals surface area contributed by atoms with Gasteiger partial charge in [0.25, 0.3) is 0 Å². The van der Waals surface area contributed by atoms with E-state index in [9.17, 15) is 23.9 Å². The maximum absolute atomic E-state index is 14.5. The van der Waals surface area contributed by atoms with Crippen molar-refractivity contribution in [3.05, 3.63) is 47.3 Å². The summed E-state index contributed by atoms with van der Waals surface area (Å²) < 4.78 is 14.5. The Morgan fingerprint density at radius 1 is 1.29 bits per heavy atom. The van der Waals surface area contributed by atoms with Crippen LogP contribution in [0.5, 0.6) is 0 Å². The molecule has 0 aliphatic heterocycles. The molecule has 2 rings (SSSR count). The number of carbonyl (C=O) groups is 3. The van der Waals surface area contributed by atoms with Crippen LogP contribution in [0.3, 0.4) is 0 Å². The van der Waals surface area contributed by atoms with E-state index < -0.39 is 41.6 Å². The van der Waals surface area contributed by atoms with E-state index in [1.54, 1.807) is 24.3 Å². The summed E-state index contributed by atoms with van der Waals surface area (Å²) >= 11 is 0. The Morgan fingerprint density at radius 3 is 2.57 bits per heavy atom. The molecule has 1 aliphatic carbocycles. The second kappa shape index (κ2) is 9.98. The topological polar surface area (TPSA) is 122 Å². The lowest BCUT2D eigenvalue weighted by Gasteiger charge is -2.19. The second-order valence-corrected chi connectivity index (χ2v) is 6.97. The van der Waals surface area contributed by atoms with Crippen LogP contribution in [0.4, 0.5) is 4.39 Å². The highest BCUT2D eigenvalue weighted by Crippen LogP contribution is 2.34. The van der Waals surface area contributed by atoms with Gasteiger partial charge in [-0.2, -0.15) is 0 Å². The van der Waals surface area contributed by atoms with E-state index in [1.165, 1.54) is 6.92 Å². The number of carboxylic acids is 1. The Bertz CT molecular complexity index is 749. The number of nitrogens with two attached hydrogens (primary N) is 1. The molecule has 0 spiro atoms. The number of nitrogens with one attached hydrogen (secondary N) is 2. The van der Waals surface area contributed by atoms with Gasteiger partial charge in [-0.25, -0.2) is 9.18 Å². The predicted octanol–water partition coefficient (Wildman–Crippen LogP) is 1.29. The van der Waals surface area contributed by atoms with Gasteiger partial charge in [-0.1, -0.05) is 30.3 Å². The smallest absolute Gasteiger partial charge is 0.326 e. The van der Waals surface area contributed by atoms with Crippen molar-refractivity contribution in [2.75, 3.05) is 6.54 Å². The summed E-state index contributed by atoms with van der Waals surface area (Å²) in [5.41, 5.74) is 6.52. The van der Waals surface area contributed by atoms with Crippen LogP contribution < -0.4 is 16.4 Å². The van der Waals surface area contributed by atoms with Crippen LogP contribution >= 0.6 is 0 Å². The average Bonchev–Trinajstić information content (AvgIpc) is 3.16. The van der Waals surface area contributed by atoms with Crippen LogP contribution in [0.15, 0.2) is 41.7 Å². The molecule has 0 radical (unpaired) electrons. The van der Waals surface area contributed by atoms with E-state index in [-0.39, 0.29) is 13.0 Å². The Balaban J connectivity index is 2.04. The summed E-state index contributed by atoms with van der Waals surface area (Å²) in [5, 5.41) is 14.4. The summed E-state index contributed by atoms with van der Waals surface area (Å²) in [6.07, 6.45) is 1.60. The van der Waals surface area contributed by atoms with Crippen LogP contribution in [0.2, 0.25) is 0 Å². The third-order valence-corrected chi connectivity index (χ3v) is 4.75. The van der Waals surface area contributed by atoms with Gasteiger partial charge in [-0.05, 0) is 37.3 Å². The fourth-order valence-corrected chi connectivity index (χ4v) is 3.22. The zero-order valence-corrected chi connectivity index (χ0v) is 15.8. The molecule has 0 aromatic heterocycles. The lowest BCUT2D eigenvalue weighted by molar-refractivity contribution is -0.142. The normalized spacial score (nSPS) is 20.2. The number of hydrogen-bond donors (Lipinski definition) is 4. The summed E-state index contributed by atoms with van der Waals surface area (Å²) in [5.74, 6) is -3.44. The summed E-state index contributed by atoms with van der Waals surface area (Å²) in [6, 6.07) is 7.11. The number of halogens is 1. The number of benzene rings is 1. The number of hydrogen-bond acceptors (Lipinski definition) is 4. The average molecular weight is 391 g/mol. The van der Waals surface area contributed by atoms with Gasteiger partial charge < -0.3 is 21.5 Å². The van der Waals surface area contributed by atoms with Gasteiger partial charge in [-0.15, -0.1) is 0 Å². The molecule has 1 aromatic carbocycles. The van der Waals surface area contributed by atoms with E-state index >= 15 is 0 Å².